The molecule has 0 saturated heterocycles. The van der Waals surface area contributed by atoms with Crippen molar-refractivity contribution in [2.45, 2.75) is 5.41 Å². The van der Waals surface area contributed by atoms with E-state index in [0.717, 1.165) is 22.3 Å². The Bertz CT molecular complexity index is 862. The minimum atomic E-state index is -0.534. The van der Waals surface area contributed by atoms with Crippen LogP contribution in [0.5, 0.6) is 5.75 Å². The van der Waals surface area contributed by atoms with Gasteiger partial charge in [-0.25, -0.2) is 0 Å². The molecule has 0 heterocycles. The second-order valence-corrected chi connectivity index (χ2v) is 6.23. The largest absolute Gasteiger partial charge is 0.501 e. The fourth-order valence-electron chi connectivity index (χ4n) is 3.63. The molecule has 0 aliphatic rings. The molecule has 0 atom stereocenters. The molecule has 0 unspecified atom stereocenters. The van der Waals surface area contributed by atoms with Crippen LogP contribution in [0, 0.1) is 12.1 Å². The zero-order chi connectivity index (χ0) is 17.8. The van der Waals surface area contributed by atoms with Crippen LogP contribution < -0.4 is 0 Å². The standard InChI is InChI=1S/C25H18O/c26-24-18-16-23(17-19-24)25(20-10-4-1-5-11-20,21-12-6-2-7-13-21)22-14-8-3-9-15-22/h1-16,18,26H. The van der Waals surface area contributed by atoms with Gasteiger partial charge in [-0.2, -0.15) is 0 Å². The molecule has 0 bridgehead atoms. The molecule has 0 amide bonds. The predicted octanol–water partition coefficient (Wildman–Crippen LogP) is 5.38. The maximum Gasteiger partial charge on any atom is 0.167 e. The Morgan fingerprint density at radius 3 is 1.27 bits per heavy atom. The summed E-state index contributed by atoms with van der Waals surface area (Å²) in [5, 5.41) is 9.75. The van der Waals surface area contributed by atoms with Crippen LogP contribution in [0.15, 0.2) is 103 Å². The van der Waals surface area contributed by atoms with Gasteiger partial charge in [-0.05, 0) is 34.9 Å². The summed E-state index contributed by atoms with van der Waals surface area (Å²) >= 11 is 0. The Balaban J connectivity index is 2.12. The minimum Gasteiger partial charge on any atom is -0.501 e. The highest BCUT2D eigenvalue weighted by Gasteiger charge is 2.38. The molecule has 1 N–H and O–H groups in total. The van der Waals surface area contributed by atoms with Gasteiger partial charge in [0.2, 0.25) is 0 Å². The highest BCUT2D eigenvalue weighted by molar-refractivity contribution is 5.59. The molecule has 124 valence electrons. The SMILES string of the molecule is Oc1c#cc(C(c2ccccc2)(c2ccccc2)c2ccccc2)cc1. The second kappa shape index (κ2) is 6.78. The summed E-state index contributed by atoms with van der Waals surface area (Å²) in [6.07, 6.45) is 0. The summed E-state index contributed by atoms with van der Waals surface area (Å²) in [6.45, 7) is 0. The molecule has 4 aromatic carbocycles. The lowest BCUT2D eigenvalue weighted by Crippen LogP contribution is -2.30. The molecule has 4 rings (SSSR count). The van der Waals surface area contributed by atoms with Crippen molar-refractivity contribution in [3.05, 3.63) is 138 Å². The number of hydrogen-bond donors (Lipinski definition) is 1. The zero-order valence-corrected chi connectivity index (χ0v) is 14.3. The van der Waals surface area contributed by atoms with Crippen molar-refractivity contribution in [2.24, 2.45) is 0 Å². The van der Waals surface area contributed by atoms with Gasteiger partial charge in [0, 0.05) is 5.56 Å². The van der Waals surface area contributed by atoms with E-state index in [1.54, 1.807) is 6.07 Å². The second-order valence-electron chi connectivity index (χ2n) is 6.23. The van der Waals surface area contributed by atoms with E-state index < -0.39 is 5.41 Å². The van der Waals surface area contributed by atoms with Gasteiger partial charge in [0.15, 0.2) is 5.75 Å². The molecule has 0 aromatic heterocycles. The lowest BCUT2D eigenvalue weighted by atomic mass is 9.65. The Kier molecular flexibility index (Phi) is 4.17. The molecule has 0 saturated carbocycles. The lowest BCUT2D eigenvalue weighted by Gasteiger charge is -2.35. The quantitative estimate of drug-likeness (QED) is 0.497. The van der Waals surface area contributed by atoms with Crippen LogP contribution in [0.1, 0.15) is 22.3 Å². The summed E-state index contributed by atoms with van der Waals surface area (Å²) in [4.78, 5) is 0. The van der Waals surface area contributed by atoms with Gasteiger partial charge in [-0.1, -0.05) is 97.1 Å². The van der Waals surface area contributed by atoms with E-state index in [-0.39, 0.29) is 5.75 Å². The van der Waals surface area contributed by atoms with Crippen molar-refractivity contribution in [2.75, 3.05) is 0 Å². The monoisotopic (exact) mass is 334 g/mol. The molecule has 0 aliphatic carbocycles. The summed E-state index contributed by atoms with van der Waals surface area (Å²) in [5.41, 5.74) is 3.85. The van der Waals surface area contributed by atoms with Crippen LogP contribution in [0.3, 0.4) is 0 Å². The Labute approximate surface area is 154 Å². The fourth-order valence-corrected chi connectivity index (χ4v) is 3.63. The molecule has 0 fully saturated rings. The van der Waals surface area contributed by atoms with Gasteiger partial charge in [0.1, 0.15) is 0 Å². The van der Waals surface area contributed by atoms with Crippen molar-refractivity contribution in [1.82, 2.24) is 0 Å². The first-order valence-corrected chi connectivity index (χ1v) is 8.62. The molecule has 1 heteroatoms. The molecular formula is C25H18O. The zero-order valence-electron chi connectivity index (χ0n) is 14.3. The van der Waals surface area contributed by atoms with Gasteiger partial charge in [0.05, 0.1) is 5.41 Å². The van der Waals surface area contributed by atoms with Crippen LogP contribution in [-0.2, 0) is 5.41 Å². The van der Waals surface area contributed by atoms with Crippen molar-refractivity contribution in [1.29, 1.82) is 0 Å². The van der Waals surface area contributed by atoms with Gasteiger partial charge in [-0.3, -0.25) is 0 Å². The summed E-state index contributed by atoms with van der Waals surface area (Å²) in [5.74, 6) is 0.0943. The fraction of sp³-hybridized carbons (Fsp3) is 0.0400. The highest BCUT2D eigenvalue weighted by Crippen LogP contribution is 2.44. The van der Waals surface area contributed by atoms with Crippen molar-refractivity contribution >= 4 is 0 Å². The van der Waals surface area contributed by atoms with E-state index in [1.807, 2.05) is 24.3 Å². The number of hydrogen-bond acceptors (Lipinski definition) is 1. The van der Waals surface area contributed by atoms with Gasteiger partial charge >= 0.3 is 0 Å². The molecule has 0 aliphatic heterocycles. The van der Waals surface area contributed by atoms with E-state index >= 15 is 0 Å². The van der Waals surface area contributed by atoms with E-state index in [4.69, 9.17) is 0 Å². The smallest absolute Gasteiger partial charge is 0.167 e. The third kappa shape index (κ3) is 2.62. The normalized spacial score (nSPS) is 10.9. The third-order valence-electron chi connectivity index (χ3n) is 4.76. The lowest BCUT2D eigenvalue weighted by molar-refractivity contribution is 0.475. The maximum absolute atomic E-state index is 9.75. The van der Waals surface area contributed by atoms with Crippen LogP contribution in [0.4, 0.5) is 0 Å². The molecular weight excluding hydrogens is 316 g/mol. The van der Waals surface area contributed by atoms with Crippen LogP contribution in [-0.4, -0.2) is 5.11 Å². The third-order valence-corrected chi connectivity index (χ3v) is 4.76. The molecule has 4 aromatic rings. The van der Waals surface area contributed by atoms with Crippen LogP contribution in [0.25, 0.3) is 0 Å². The highest BCUT2D eigenvalue weighted by atomic mass is 16.3. The number of benzene rings is 3. The molecule has 0 spiro atoms. The van der Waals surface area contributed by atoms with Crippen molar-refractivity contribution < 1.29 is 5.11 Å². The minimum absolute atomic E-state index is 0.0943. The van der Waals surface area contributed by atoms with E-state index in [9.17, 15) is 5.11 Å². The Hall–Kier alpha value is -3.50. The topological polar surface area (TPSA) is 20.2 Å². The van der Waals surface area contributed by atoms with E-state index in [2.05, 4.69) is 84.9 Å². The summed E-state index contributed by atoms with van der Waals surface area (Å²) in [6, 6.07) is 40.9. The Morgan fingerprint density at radius 2 is 0.923 bits per heavy atom. The van der Waals surface area contributed by atoms with Crippen molar-refractivity contribution in [3.63, 3.8) is 0 Å². The number of aromatic hydroxyl groups is 1. The molecule has 26 heavy (non-hydrogen) atoms. The van der Waals surface area contributed by atoms with Crippen molar-refractivity contribution in [3.8, 4) is 5.75 Å². The first-order chi connectivity index (χ1) is 12.8. The average molecular weight is 334 g/mol. The summed E-state index contributed by atoms with van der Waals surface area (Å²) in [7, 11) is 0. The van der Waals surface area contributed by atoms with Crippen LogP contribution >= 0.6 is 0 Å². The number of rotatable bonds is 4. The van der Waals surface area contributed by atoms with Gasteiger partial charge < -0.3 is 5.11 Å². The summed E-state index contributed by atoms with van der Waals surface area (Å²) < 4.78 is 0. The van der Waals surface area contributed by atoms with Crippen LogP contribution in [0.2, 0.25) is 0 Å². The molecule has 1 nitrogen and oxygen atoms in total. The Morgan fingerprint density at radius 1 is 0.500 bits per heavy atom. The van der Waals surface area contributed by atoms with Gasteiger partial charge in [0.25, 0.3) is 0 Å². The van der Waals surface area contributed by atoms with E-state index in [1.165, 1.54) is 0 Å². The molecule has 0 radical (unpaired) electrons. The van der Waals surface area contributed by atoms with E-state index in [0.29, 0.717) is 0 Å². The average Bonchev–Trinajstić information content (AvgIpc) is 2.72. The maximum atomic E-state index is 9.75. The first kappa shape index (κ1) is 16.0. The predicted molar refractivity (Wildman–Crippen MR) is 104 cm³/mol. The van der Waals surface area contributed by atoms with Gasteiger partial charge in [-0.15, -0.1) is 0 Å². The first-order valence-electron chi connectivity index (χ1n) is 8.62.